The van der Waals surface area contributed by atoms with Crippen LogP contribution in [-0.2, 0) is 10.1 Å². The van der Waals surface area contributed by atoms with Gasteiger partial charge in [0.1, 0.15) is 10.1 Å². The average Bonchev–Trinajstić information content (AvgIpc) is 2.06. The maximum Gasteiger partial charge on any atom is 1.00 e. The van der Waals surface area contributed by atoms with Gasteiger partial charge >= 0.3 is 29.6 Å². The van der Waals surface area contributed by atoms with Crippen LogP contribution in [0.15, 0.2) is 17.0 Å². The van der Waals surface area contributed by atoms with Gasteiger partial charge in [-0.05, 0) is 13.0 Å². The summed E-state index contributed by atoms with van der Waals surface area (Å²) in [6.45, 7) is 1.18. The number of halogens is 1. The third-order valence-corrected chi connectivity index (χ3v) is 2.94. The molecule has 0 amide bonds. The first-order chi connectivity index (χ1) is 6.73. The van der Waals surface area contributed by atoms with Crippen molar-refractivity contribution in [3.8, 4) is 0 Å². The first-order valence-electron chi connectivity index (χ1n) is 3.64. The van der Waals surface area contributed by atoms with E-state index in [9.17, 15) is 23.1 Å². The molecular weight excluding hydrogens is 269 g/mol. The fraction of sp³-hybridized carbons (Fsp3) is 0.143. The van der Waals surface area contributed by atoms with E-state index in [-0.39, 0.29) is 40.1 Å². The third-order valence-electron chi connectivity index (χ3n) is 1.76. The Kier molecular flexibility index (Phi) is 5.37. The molecule has 9 heteroatoms. The van der Waals surface area contributed by atoms with Gasteiger partial charge in [0.15, 0.2) is 0 Å². The second-order valence-corrected chi connectivity index (χ2v) is 4.54. The van der Waals surface area contributed by atoms with Crippen molar-refractivity contribution < 1.29 is 47.5 Å². The summed E-state index contributed by atoms with van der Waals surface area (Å²) in [5.41, 5.74) is -0.698. The molecule has 0 N–H and O–H groups in total. The molecule has 0 aromatic heterocycles. The third kappa shape index (κ3) is 3.41. The molecule has 0 fully saturated rings. The largest absolute Gasteiger partial charge is 1.00 e. The van der Waals surface area contributed by atoms with E-state index in [0.29, 0.717) is 0 Å². The van der Waals surface area contributed by atoms with Gasteiger partial charge in [-0.25, -0.2) is 8.42 Å². The molecule has 0 spiro atoms. The molecule has 16 heavy (non-hydrogen) atoms. The van der Waals surface area contributed by atoms with Crippen LogP contribution in [-0.4, -0.2) is 17.9 Å². The summed E-state index contributed by atoms with van der Waals surface area (Å²) in [6.07, 6.45) is 0. The van der Waals surface area contributed by atoms with E-state index in [4.69, 9.17) is 11.6 Å². The Morgan fingerprint density at radius 2 is 1.88 bits per heavy atom. The molecule has 6 nitrogen and oxygen atoms in total. The number of nitrogens with zero attached hydrogens (tertiary/aromatic N) is 1. The van der Waals surface area contributed by atoms with Crippen LogP contribution in [0.2, 0.25) is 5.02 Å². The zero-order chi connectivity index (χ0) is 11.8. The number of rotatable bonds is 2. The minimum atomic E-state index is -4.75. The van der Waals surface area contributed by atoms with E-state index >= 15 is 0 Å². The smallest absolute Gasteiger partial charge is 0.744 e. The summed E-state index contributed by atoms with van der Waals surface area (Å²) in [4.78, 5) is 9.04. The van der Waals surface area contributed by atoms with Gasteiger partial charge in [-0.2, -0.15) is 0 Å². The fourth-order valence-electron chi connectivity index (χ4n) is 1.09. The molecule has 0 atom stereocenters. The van der Waals surface area contributed by atoms with Gasteiger partial charge < -0.3 is 4.55 Å². The summed E-state index contributed by atoms with van der Waals surface area (Å²) in [5, 5.41) is 10.3. The van der Waals surface area contributed by atoms with Crippen molar-refractivity contribution in [1.82, 2.24) is 0 Å². The van der Waals surface area contributed by atoms with Gasteiger partial charge in [-0.15, -0.1) is 0 Å². The number of benzene rings is 1. The molecule has 0 radical (unpaired) electrons. The topological polar surface area (TPSA) is 100 Å². The van der Waals surface area contributed by atoms with E-state index in [1.165, 1.54) is 6.92 Å². The Balaban J connectivity index is 0.00000225. The van der Waals surface area contributed by atoms with E-state index in [0.717, 1.165) is 12.1 Å². The van der Waals surface area contributed by atoms with Crippen molar-refractivity contribution >= 4 is 27.4 Å². The summed E-state index contributed by atoms with van der Waals surface area (Å²) < 4.78 is 32.2. The van der Waals surface area contributed by atoms with E-state index in [2.05, 4.69) is 0 Å². The molecule has 0 aliphatic carbocycles. The van der Waals surface area contributed by atoms with Crippen LogP contribution in [0, 0.1) is 17.0 Å². The Morgan fingerprint density at radius 1 is 1.38 bits per heavy atom. The van der Waals surface area contributed by atoms with Crippen LogP contribution >= 0.6 is 11.6 Å². The molecule has 0 aliphatic rings. The molecule has 0 unspecified atom stereocenters. The molecule has 1 rings (SSSR count). The minimum absolute atomic E-state index is 0. The quantitative estimate of drug-likeness (QED) is 0.281. The number of nitro groups is 1. The SMILES string of the molecule is Cc1c([N+](=O)[O-])cc(Cl)cc1S(=O)(=O)[O-].[Na+]. The first kappa shape index (κ1) is 15.8. The van der Waals surface area contributed by atoms with Gasteiger partial charge in [0.2, 0.25) is 0 Å². The van der Waals surface area contributed by atoms with Crippen molar-refractivity contribution in [1.29, 1.82) is 0 Å². The van der Waals surface area contributed by atoms with E-state index in [1.807, 2.05) is 0 Å². The standard InChI is InChI=1S/C7H6ClNO5S.Na/c1-4-6(9(10)11)2-5(8)3-7(4)15(12,13)14;/h2-3H,1H3,(H,12,13,14);/q;+1/p-1. The molecule has 0 saturated heterocycles. The van der Waals surface area contributed by atoms with E-state index in [1.54, 1.807) is 0 Å². The molecule has 0 heterocycles. The van der Waals surface area contributed by atoms with Gasteiger partial charge in [-0.3, -0.25) is 10.1 Å². The summed E-state index contributed by atoms with van der Waals surface area (Å²) in [6, 6.07) is 1.89. The van der Waals surface area contributed by atoms with Gasteiger partial charge in [0, 0.05) is 16.7 Å². The number of nitro benzene ring substituents is 1. The molecule has 1 aromatic rings. The summed E-state index contributed by atoms with van der Waals surface area (Å²) in [7, 11) is -4.75. The first-order valence-corrected chi connectivity index (χ1v) is 5.42. The van der Waals surface area contributed by atoms with Crippen molar-refractivity contribution in [3.05, 3.63) is 32.8 Å². The van der Waals surface area contributed by atoms with Crippen LogP contribution in [0.5, 0.6) is 0 Å². The van der Waals surface area contributed by atoms with Crippen LogP contribution in [0.1, 0.15) is 5.56 Å². The zero-order valence-corrected chi connectivity index (χ0v) is 12.0. The number of hydrogen-bond donors (Lipinski definition) is 0. The van der Waals surface area contributed by atoms with Crippen LogP contribution in [0.4, 0.5) is 5.69 Å². The molecular formula is C7H5ClNNaO5S. The maximum atomic E-state index is 10.7. The van der Waals surface area contributed by atoms with Crippen LogP contribution in [0.3, 0.4) is 0 Å². The Hall–Kier alpha value is -0.180. The van der Waals surface area contributed by atoms with Crippen LogP contribution in [0.25, 0.3) is 0 Å². The number of hydrogen-bond acceptors (Lipinski definition) is 5. The average molecular weight is 274 g/mol. The maximum absolute atomic E-state index is 10.7. The molecule has 0 aliphatic heterocycles. The summed E-state index contributed by atoms with van der Waals surface area (Å²) in [5.74, 6) is 0. The van der Waals surface area contributed by atoms with Crippen molar-refractivity contribution in [3.63, 3.8) is 0 Å². The fourth-order valence-corrected chi connectivity index (χ4v) is 2.12. The van der Waals surface area contributed by atoms with Gasteiger partial charge in [0.25, 0.3) is 5.69 Å². The second kappa shape index (κ2) is 5.44. The van der Waals surface area contributed by atoms with Gasteiger partial charge in [0.05, 0.1) is 9.82 Å². The molecule has 0 bridgehead atoms. The van der Waals surface area contributed by atoms with Gasteiger partial charge in [-0.1, -0.05) is 11.6 Å². The predicted octanol–water partition coefficient (Wildman–Crippen LogP) is -1.54. The monoisotopic (exact) mass is 273 g/mol. The Morgan fingerprint density at radius 3 is 2.25 bits per heavy atom. The van der Waals surface area contributed by atoms with Crippen molar-refractivity contribution in [2.75, 3.05) is 0 Å². The summed E-state index contributed by atoms with van der Waals surface area (Å²) >= 11 is 5.46. The molecule has 1 aromatic carbocycles. The normalized spacial score (nSPS) is 10.7. The minimum Gasteiger partial charge on any atom is -0.744 e. The second-order valence-electron chi connectivity index (χ2n) is 2.76. The molecule has 0 saturated carbocycles. The molecule has 82 valence electrons. The van der Waals surface area contributed by atoms with Crippen molar-refractivity contribution in [2.45, 2.75) is 11.8 Å². The van der Waals surface area contributed by atoms with Crippen LogP contribution < -0.4 is 29.6 Å². The predicted molar refractivity (Wildman–Crippen MR) is 50.8 cm³/mol. The van der Waals surface area contributed by atoms with E-state index < -0.39 is 25.6 Å². The zero-order valence-electron chi connectivity index (χ0n) is 8.43. The Labute approximate surface area is 119 Å². The van der Waals surface area contributed by atoms with Crippen molar-refractivity contribution in [2.24, 2.45) is 0 Å². The Bertz CT molecular complexity index is 530.